The molecule has 18 heavy (non-hydrogen) atoms. The van der Waals surface area contributed by atoms with Crippen molar-refractivity contribution in [3.05, 3.63) is 58.2 Å². The van der Waals surface area contributed by atoms with E-state index in [1.165, 1.54) is 5.56 Å². The molecule has 0 saturated heterocycles. The molecule has 0 atom stereocenters. The van der Waals surface area contributed by atoms with E-state index in [1.54, 1.807) is 18.0 Å². The van der Waals surface area contributed by atoms with Crippen molar-refractivity contribution in [2.45, 2.75) is 17.7 Å². The smallest absolute Gasteiger partial charge is 0.115 e. The summed E-state index contributed by atoms with van der Waals surface area (Å²) in [4.78, 5) is 4.24. The van der Waals surface area contributed by atoms with Gasteiger partial charge in [0.1, 0.15) is 5.03 Å². The summed E-state index contributed by atoms with van der Waals surface area (Å²) in [5.74, 6) is 0.800. The van der Waals surface area contributed by atoms with E-state index in [1.807, 2.05) is 37.3 Å². The minimum Gasteiger partial charge on any atom is -0.248 e. The van der Waals surface area contributed by atoms with Gasteiger partial charge in [-0.1, -0.05) is 17.7 Å². The molecule has 1 aromatic heterocycles. The fourth-order valence-corrected chi connectivity index (χ4v) is 2.79. The first-order valence-electron chi connectivity index (χ1n) is 5.43. The summed E-state index contributed by atoms with van der Waals surface area (Å²) < 4.78 is 0. The van der Waals surface area contributed by atoms with Crippen molar-refractivity contribution in [1.82, 2.24) is 4.98 Å². The van der Waals surface area contributed by atoms with Crippen molar-refractivity contribution in [3.63, 3.8) is 0 Å². The Kier molecular flexibility index (Phi) is 4.24. The van der Waals surface area contributed by atoms with E-state index < -0.39 is 0 Å². The minimum absolute atomic E-state index is 0.675. The van der Waals surface area contributed by atoms with Gasteiger partial charge in [0.15, 0.2) is 0 Å². The summed E-state index contributed by atoms with van der Waals surface area (Å²) >= 11 is 7.65. The van der Waals surface area contributed by atoms with E-state index in [9.17, 15) is 0 Å². The summed E-state index contributed by atoms with van der Waals surface area (Å²) in [6.45, 7) is 2.01. The van der Waals surface area contributed by atoms with E-state index >= 15 is 0 Å². The van der Waals surface area contributed by atoms with Crippen molar-refractivity contribution < 1.29 is 0 Å². The maximum atomic E-state index is 8.81. The molecular weight excluding hydrogens is 264 g/mol. The van der Waals surface area contributed by atoms with Gasteiger partial charge in [-0.25, -0.2) is 4.98 Å². The molecule has 0 fully saturated rings. The van der Waals surface area contributed by atoms with Crippen LogP contribution in [0.5, 0.6) is 0 Å². The zero-order valence-corrected chi connectivity index (χ0v) is 11.4. The van der Waals surface area contributed by atoms with Crippen LogP contribution in [0.1, 0.15) is 16.7 Å². The van der Waals surface area contributed by atoms with Crippen LogP contribution in [0.2, 0.25) is 5.02 Å². The zero-order chi connectivity index (χ0) is 13.0. The normalized spacial score (nSPS) is 10.1. The highest BCUT2D eigenvalue weighted by Gasteiger charge is 2.04. The SMILES string of the molecule is Cc1cc(C#N)ccc1CSc1ncccc1Cl. The second-order valence-electron chi connectivity index (χ2n) is 3.83. The number of halogens is 1. The highest BCUT2D eigenvalue weighted by atomic mass is 35.5. The molecule has 4 heteroatoms. The van der Waals surface area contributed by atoms with Crippen LogP contribution in [0.3, 0.4) is 0 Å². The molecule has 0 spiro atoms. The van der Waals surface area contributed by atoms with Crippen LogP contribution in [0, 0.1) is 18.3 Å². The number of nitriles is 1. The molecule has 2 rings (SSSR count). The lowest BCUT2D eigenvalue weighted by atomic mass is 10.1. The van der Waals surface area contributed by atoms with Gasteiger partial charge in [-0.2, -0.15) is 5.26 Å². The monoisotopic (exact) mass is 274 g/mol. The predicted octanol–water partition coefficient (Wildman–Crippen LogP) is 4.21. The highest BCUT2D eigenvalue weighted by Crippen LogP contribution is 2.28. The molecule has 0 N–H and O–H groups in total. The van der Waals surface area contributed by atoms with Crippen LogP contribution in [0.4, 0.5) is 0 Å². The fourth-order valence-electron chi connectivity index (χ4n) is 1.55. The molecule has 0 aliphatic heterocycles. The van der Waals surface area contributed by atoms with Crippen molar-refractivity contribution in [2.24, 2.45) is 0 Å². The van der Waals surface area contributed by atoms with Gasteiger partial charge in [0.25, 0.3) is 0 Å². The molecule has 0 bridgehead atoms. The summed E-state index contributed by atoms with van der Waals surface area (Å²) in [6, 6.07) is 11.5. The lowest BCUT2D eigenvalue weighted by molar-refractivity contribution is 1.13. The number of rotatable bonds is 3. The van der Waals surface area contributed by atoms with Crippen molar-refractivity contribution >= 4 is 23.4 Å². The maximum absolute atomic E-state index is 8.81. The van der Waals surface area contributed by atoms with Crippen LogP contribution >= 0.6 is 23.4 Å². The van der Waals surface area contributed by atoms with Crippen molar-refractivity contribution in [3.8, 4) is 6.07 Å². The van der Waals surface area contributed by atoms with Gasteiger partial charge in [-0.05, 0) is 42.3 Å². The Morgan fingerprint density at radius 2 is 2.22 bits per heavy atom. The second-order valence-corrected chi connectivity index (χ2v) is 5.20. The van der Waals surface area contributed by atoms with E-state index in [4.69, 9.17) is 16.9 Å². The first-order valence-corrected chi connectivity index (χ1v) is 6.80. The third-order valence-corrected chi connectivity index (χ3v) is 4.03. The molecule has 0 amide bonds. The summed E-state index contributed by atoms with van der Waals surface area (Å²) in [5.41, 5.74) is 3.01. The second kappa shape index (κ2) is 5.90. The summed E-state index contributed by atoms with van der Waals surface area (Å²) in [5, 5.41) is 10.3. The first kappa shape index (κ1) is 12.9. The van der Waals surface area contributed by atoms with Crippen LogP contribution < -0.4 is 0 Å². The van der Waals surface area contributed by atoms with Crippen LogP contribution in [0.15, 0.2) is 41.6 Å². The maximum Gasteiger partial charge on any atom is 0.115 e. The van der Waals surface area contributed by atoms with Crippen molar-refractivity contribution in [1.29, 1.82) is 5.26 Å². The summed E-state index contributed by atoms with van der Waals surface area (Å²) in [7, 11) is 0. The van der Waals surface area contributed by atoms with E-state index in [0.29, 0.717) is 10.6 Å². The lowest BCUT2D eigenvalue weighted by Crippen LogP contribution is -1.89. The molecule has 0 aliphatic carbocycles. The number of aromatic nitrogens is 1. The van der Waals surface area contributed by atoms with Gasteiger partial charge in [0.2, 0.25) is 0 Å². The lowest BCUT2D eigenvalue weighted by Gasteiger charge is -2.06. The first-order chi connectivity index (χ1) is 8.70. The van der Waals surface area contributed by atoms with E-state index in [2.05, 4.69) is 11.1 Å². The third-order valence-electron chi connectivity index (χ3n) is 2.56. The van der Waals surface area contributed by atoms with Gasteiger partial charge in [-0.3, -0.25) is 0 Å². The molecule has 2 nitrogen and oxygen atoms in total. The number of benzene rings is 1. The number of nitrogens with zero attached hydrogens (tertiary/aromatic N) is 2. The molecule has 0 saturated carbocycles. The molecule has 0 aliphatic rings. The van der Waals surface area contributed by atoms with Gasteiger partial charge < -0.3 is 0 Å². The Labute approximate surface area is 116 Å². The van der Waals surface area contributed by atoms with Crippen LogP contribution in [-0.4, -0.2) is 4.98 Å². The average molecular weight is 275 g/mol. The molecular formula is C14H11ClN2S. The average Bonchev–Trinajstić information content (AvgIpc) is 2.39. The number of aryl methyl sites for hydroxylation is 1. The zero-order valence-electron chi connectivity index (χ0n) is 9.85. The number of hydrogen-bond acceptors (Lipinski definition) is 3. The molecule has 2 aromatic rings. The minimum atomic E-state index is 0.675. The van der Waals surface area contributed by atoms with Gasteiger partial charge >= 0.3 is 0 Å². The topological polar surface area (TPSA) is 36.7 Å². The number of thioether (sulfide) groups is 1. The summed E-state index contributed by atoms with van der Waals surface area (Å²) in [6.07, 6.45) is 1.74. The molecule has 0 radical (unpaired) electrons. The Morgan fingerprint density at radius 3 is 2.89 bits per heavy atom. The fraction of sp³-hybridized carbons (Fsp3) is 0.143. The quantitative estimate of drug-likeness (QED) is 0.787. The van der Waals surface area contributed by atoms with Gasteiger partial charge in [0, 0.05) is 11.9 Å². The highest BCUT2D eigenvalue weighted by molar-refractivity contribution is 7.98. The molecule has 1 aromatic carbocycles. The predicted molar refractivity (Wildman–Crippen MR) is 74.7 cm³/mol. The van der Waals surface area contributed by atoms with Crippen LogP contribution in [0.25, 0.3) is 0 Å². The van der Waals surface area contributed by atoms with Gasteiger partial charge in [0.05, 0.1) is 16.7 Å². The molecule has 90 valence electrons. The Balaban J connectivity index is 2.12. The molecule has 1 heterocycles. The van der Waals surface area contributed by atoms with Crippen molar-refractivity contribution in [2.75, 3.05) is 0 Å². The standard InChI is InChI=1S/C14H11ClN2S/c1-10-7-11(8-16)4-5-12(10)9-18-14-13(15)3-2-6-17-14/h2-7H,9H2,1H3. The Morgan fingerprint density at radius 1 is 1.39 bits per heavy atom. The third kappa shape index (κ3) is 3.04. The number of hydrogen-bond donors (Lipinski definition) is 0. The molecule has 0 unspecified atom stereocenters. The van der Waals surface area contributed by atoms with Gasteiger partial charge in [-0.15, -0.1) is 11.8 Å². The Bertz CT molecular complexity index is 605. The van der Waals surface area contributed by atoms with E-state index in [0.717, 1.165) is 16.3 Å². The van der Waals surface area contributed by atoms with E-state index in [-0.39, 0.29) is 0 Å². The number of pyridine rings is 1. The van der Waals surface area contributed by atoms with Crippen LogP contribution in [-0.2, 0) is 5.75 Å². The largest absolute Gasteiger partial charge is 0.248 e. The Hall–Kier alpha value is -1.50.